The van der Waals surface area contributed by atoms with Crippen LogP contribution >= 0.6 is 23.2 Å². The van der Waals surface area contributed by atoms with Crippen molar-refractivity contribution in [2.45, 2.75) is 12.3 Å². The first-order valence-electron chi connectivity index (χ1n) is 5.44. The fourth-order valence-corrected chi connectivity index (χ4v) is 2.42. The summed E-state index contributed by atoms with van der Waals surface area (Å²) in [5.74, 6) is -1.92. The summed E-state index contributed by atoms with van der Waals surface area (Å²) in [4.78, 5) is 0. The summed E-state index contributed by atoms with van der Waals surface area (Å²) in [7, 11) is 0. The predicted octanol–water partition coefficient (Wildman–Crippen LogP) is 5.39. The third-order valence-electron chi connectivity index (χ3n) is 2.79. The smallest absolute Gasteiger partial charge is 0.131 e. The van der Waals surface area contributed by atoms with Gasteiger partial charge >= 0.3 is 0 Å². The molecule has 0 radical (unpaired) electrons. The summed E-state index contributed by atoms with van der Waals surface area (Å²) in [6.07, 6.45) is 0. The van der Waals surface area contributed by atoms with Gasteiger partial charge in [-0.25, -0.2) is 13.2 Å². The molecule has 1 atom stereocenters. The van der Waals surface area contributed by atoms with Crippen LogP contribution in [-0.4, -0.2) is 0 Å². The molecule has 0 aromatic heterocycles. The number of hydrogen-bond donors (Lipinski definition) is 0. The summed E-state index contributed by atoms with van der Waals surface area (Å²) >= 11 is 12.1. The Labute approximate surface area is 118 Å². The molecule has 0 spiro atoms. The molecule has 0 aliphatic heterocycles. The van der Waals surface area contributed by atoms with Crippen LogP contribution in [-0.2, 0) is 0 Å². The Morgan fingerprint density at radius 2 is 1.63 bits per heavy atom. The van der Waals surface area contributed by atoms with Gasteiger partial charge in [-0.1, -0.05) is 17.7 Å². The number of benzene rings is 2. The molecule has 0 aliphatic rings. The molecule has 19 heavy (non-hydrogen) atoms. The van der Waals surface area contributed by atoms with Crippen molar-refractivity contribution < 1.29 is 13.2 Å². The van der Waals surface area contributed by atoms with Gasteiger partial charge in [-0.2, -0.15) is 0 Å². The van der Waals surface area contributed by atoms with Gasteiger partial charge < -0.3 is 0 Å². The van der Waals surface area contributed by atoms with Crippen molar-refractivity contribution in [2.24, 2.45) is 0 Å². The van der Waals surface area contributed by atoms with Crippen LogP contribution in [0, 0.1) is 24.4 Å². The maximum atomic E-state index is 13.7. The third-order valence-corrected chi connectivity index (χ3v) is 3.58. The largest absolute Gasteiger partial charge is 0.207 e. The molecule has 2 aromatic rings. The SMILES string of the molecule is Cc1cc(C(Cl)c2ccc(F)cc2F)c(Cl)cc1F. The molecule has 0 saturated carbocycles. The molecular weight excluding hydrogens is 296 g/mol. The van der Waals surface area contributed by atoms with E-state index in [9.17, 15) is 13.2 Å². The van der Waals surface area contributed by atoms with E-state index in [2.05, 4.69) is 0 Å². The highest BCUT2D eigenvalue weighted by Gasteiger charge is 2.19. The molecule has 0 fully saturated rings. The molecule has 2 rings (SSSR count). The molecule has 0 N–H and O–H groups in total. The average molecular weight is 305 g/mol. The number of aryl methyl sites for hydroxylation is 1. The lowest BCUT2D eigenvalue weighted by Gasteiger charge is -2.14. The van der Waals surface area contributed by atoms with E-state index in [0.29, 0.717) is 11.1 Å². The average Bonchev–Trinajstić information content (AvgIpc) is 2.33. The number of alkyl halides is 1. The zero-order valence-electron chi connectivity index (χ0n) is 9.85. The molecule has 5 heteroatoms. The molecule has 0 saturated heterocycles. The number of hydrogen-bond acceptors (Lipinski definition) is 0. The molecule has 0 heterocycles. The van der Waals surface area contributed by atoms with Crippen molar-refractivity contribution in [3.63, 3.8) is 0 Å². The van der Waals surface area contributed by atoms with Crippen molar-refractivity contribution in [3.05, 3.63) is 69.5 Å². The molecule has 100 valence electrons. The Kier molecular flexibility index (Phi) is 4.07. The summed E-state index contributed by atoms with van der Waals surface area (Å²) < 4.78 is 39.8. The lowest BCUT2D eigenvalue weighted by atomic mass is 10.0. The second kappa shape index (κ2) is 5.43. The van der Waals surface area contributed by atoms with Crippen LogP contribution in [0.5, 0.6) is 0 Å². The van der Waals surface area contributed by atoms with Gasteiger partial charge in [0, 0.05) is 16.7 Å². The topological polar surface area (TPSA) is 0 Å². The third kappa shape index (κ3) is 2.88. The van der Waals surface area contributed by atoms with Crippen molar-refractivity contribution in [3.8, 4) is 0 Å². The fraction of sp³-hybridized carbons (Fsp3) is 0.143. The van der Waals surface area contributed by atoms with Crippen molar-refractivity contribution in [1.82, 2.24) is 0 Å². The predicted molar refractivity (Wildman–Crippen MR) is 70.2 cm³/mol. The summed E-state index contributed by atoms with van der Waals surface area (Å²) in [6, 6.07) is 5.69. The summed E-state index contributed by atoms with van der Waals surface area (Å²) in [6.45, 7) is 1.56. The molecule has 2 aromatic carbocycles. The van der Waals surface area contributed by atoms with Gasteiger partial charge in [0.15, 0.2) is 0 Å². The minimum atomic E-state index is -0.910. The molecule has 0 amide bonds. The maximum absolute atomic E-state index is 13.7. The molecule has 0 nitrogen and oxygen atoms in total. The van der Waals surface area contributed by atoms with E-state index in [1.807, 2.05) is 0 Å². The minimum absolute atomic E-state index is 0.0935. The first kappa shape index (κ1) is 14.2. The Balaban J connectivity index is 2.49. The normalized spacial score (nSPS) is 12.5. The van der Waals surface area contributed by atoms with E-state index in [1.54, 1.807) is 6.92 Å². The van der Waals surface area contributed by atoms with E-state index < -0.39 is 22.8 Å². The summed E-state index contributed by atoms with van der Waals surface area (Å²) in [5.41, 5.74) is 0.830. The van der Waals surface area contributed by atoms with Crippen molar-refractivity contribution in [2.75, 3.05) is 0 Å². The highest BCUT2D eigenvalue weighted by Crippen LogP contribution is 2.36. The quantitative estimate of drug-likeness (QED) is 0.652. The first-order valence-corrected chi connectivity index (χ1v) is 6.26. The highest BCUT2D eigenvalue weighted by atomic mass is 35.5. The monoisotopic (exact) mass is 304 g/mol. The minimum Gasteiger partial charge on any atom is -0.207 e. The van der Waals surface area contributed by atoms with Crippen LogP contribution < -0.4 is 0 Å². The van der Waals surface area contributed by atoms with Gasteiger partial charge in [0.2, 0.25) is 0 Å². The van der Waals surface area contributed by atoms with Gasteiger partial charge in [-0.05, 0) is 36.2 Å². The van der Waals surface area contributed by atoms with Gasteiger partial charge in [0.1, 0.15) is 17.5 Å². The lowest BCUT2D eigenvalue weighted by Crippen LogP contribution is -2.00. The highest BCUT2D eigenvalue weighted by molar-refractivity contribution is 6.33. The first-order chi connectivity index (χ1) is 8.90. The van der Waals surface area contributed by atoms with E-state index in [-0.39, 0.29) is 10.6 Å². The zero-order valence-corrected chi connectivity index (χ0v) is 11.4. The standard InChI is InChI=1S/C14H9Cl2F3/c1-7-4-10(11(15)6-12(7)18)14(16)9-3-2-8(17)5-13(9)19/h2-6,14H,1H3. The van der Waals surface area contributed by atoms with Crippen LogP contribution in [0.3, 0.4) is 0 Å². The Morgan fingerprint density at radius 3 is 2.26 bits per heavy atom. The fourth-order valence-electron chi connectivity index (χ4n) is 1.75. The maximum Gasteiger partial charge on any atom is 0.131 e. The number of rotatable bonds is 2. The van der Waals surface area contributed by atoms with Crippen LogP contribution in [0.15, 0.2) is 30.3 Å². The van der Waals surface area contributed by atoms with Crippen LogP contribution in [0.25, 0.3) is 0 Å². The Morgan fingerprint density at radius 1 is 0.947 bits per heavy atom. The van der Waals surface area contributed by atoms with E-state index >= 15 is 0 Å². The second-order valence-electron chi connectivity index (χ2n) is 4.15. The van der Waals surface area contributed by atoms with E-state index in [1.165, 1.54) is 12.1 Å². The molecule has 0 aliphatic carbocycles. The zero-order chi connectivity index (χ0) is 14.2. The van der Waals surface area contributed by atoms with Crippen molar-refractivity contribution >= 4 is 23.2 Å². The molecule has 1 unspecified atom stereocenters. The van der Waals surface area contributed by atoms with E-state index in [4.69, 9.17) is 23.2 Å². The van der Waals surface area contributed by atoms with Crippen LogP contribution in [0.4, 0.5) is 13.2 Å². The Hall–Kier alpha value is -1.19. The van der Waals surface area contributed by atoms with Gasteiger partial charge in [-0.3, -0.25) is 0 Å². The van der Waals surface area contributed by atoms with Gasteiger partial charge in [-0.15, -0.1) is 11.6 Å². The van der Waals surface area contributed by atoms with Crippen LogP contribution in [0.2, 0.25) is 5.02 Å². The second-order valence-corrected chi connectivity index (χ2v) is 4.99. The summed E-state index contributed by atoms with van der Waals surface area (Å²) in [5, 5.41) is -0.806. The van der Waals surface area contributed by atoms with Gasteiger partial charge in [0.05, 0.1) is 5.38 Å². The van der Waals surface area contributed by atoms with Gasteiger partial charge in [0.25, 0.3) is 0 Å². The van der Waals surface area contributed by atoms with E-state index in [0.717, 1.165) is 18.2 Å². The Bertz CT molecular complexity index is 626. The molecular formula is C14H9Cl2F3. The van der Waals surface area contributed by atoms with Crippen LogP contribution in [0.1, 0.15) is 22.1 Å². The molecule has 0 bridgehead atoms. The number of halogens is 5. The van der Waals surface area contributed by atoms with Crippen molar-refractivity contribution in [1.29, 1.82) is 0 Å². The lowest BCUT2D eigenvalue weighted by molar-refractivity contribution is 0.573.